The fraction of sp³-hybridized carbons (Fsp3) is 0.429. The molecule has 0 bridgehead atoms. The first-order chi connectivity index (χ1) is 7.15. The first kappa shape index (κ1) is 11.6. The zero-order chi connectivity index (χ0) is 11.3. The summed E-state index contributed by atoms with van der Waals surface area (Å²) in [6, 6.07) is 0. The first-order valence-electron chi connectivity index (χ1n) is 4.13. The average Bonchev–Trinajstić information content (AvgIpc) is 2.62. The van der Waals surface area contributed by atoms with Gasteiger partial charge in [-0.3, -0.25) is 4.79 Å². The van der Waals surface area contributed by atoms with Crippen LogP contribution >= 0.6 is 15.9 Å². The van der Waals surface area contributed by atoms with Crippen LogP contribution in [0.5, 0.6) is 0 Å². The summed E-state index contributed by atoms with van der Waals surface area (Å²) in [6.07, 6.45) is 2.68. The predicted molar refractivity (Wildman–Crippen MR) is 55.7 cm³/mol. The molecule has 0 aliphatic carbocycles. The monoisotopic (exact) mass is 276 g/mol. The number of carbonyl (C=O) groups excluding carboxylic acids is 1. The fourth-order valence-electron chi connectivity index (χ4n) is 0.994. The Morgan fingerprint density at radius 2 is 2.47 bits per heavy atom. The van der Waals surface area contributed by atoms with Gasteiger partial charge in [-0.05, 0) is 4.92 Å². The Morgan fingerprint density at radius 1 is 1.73 bits per heavy atom. The Labute approximate surface area is 93.8 Å². The van der Waals surface area contributed by atoms with Gasteiger partial charge in [0.15, 0.2) is 6.54 Å². The van der Waals surface area contributed by atoms with E-state index in [-0.39, 0.29) is 18.4 Å². The number of aromatic nitrogens is 2. The van der Waals surface area contributed by atoms with Crippen molar-refractivity contribution in [3.8, 4) is 0 Å². The quantitative estimate of drug-likeness (QED) is 0.476. The highest BCUT2D eigenvalue weighted by molar-refractivity contribution is 9.09. The van der Waals surface area contributed by atoms with E-state index >= 15 is 0 Å². The summed E-state index contributed by atoms with van der Waals surface area (Å²) < 4.78 is 1.18. The van der Waals surface area contributed by atoms with Gasteiger partial charge in [0, 0.05) is 11.9 Å². The Morgan fingerprint density at radius 3 is 3.07 bits per heavy atom. The zero-order valence-corrected chi connectivity index (χ0v) is 9.31. The molecular weight excluding hydrogens is 268 g/mol. The third-order valence-corrected chi connectivity index (χ3v) is 1.98. The molecular formula is C7H9BrN4O3. The average molecular weight is 277 g/mol. The second kappa shape index (κ2) is 5.44. The molecule has 0 saturated heterocycles. The van der Waals surface area contributed by atoms with E-state index in [1.165, 1.54) is 17.0 Å². The van der Waals surface area contributed by atoms with Gasteiger partial charge < -0.3 is 15.4 Å². The topological polar surface area (TPSA) is 90.1 Å². The molecule has 0 aliphatic heterocycles. The zero-order valence-electron chi connectivity index (χ0n) is 7.72. The lowest BCUT2D eigenvalue weighted by molar-refractivity contribution is -0.396. The van der Waals surface area contributed by atoms with Crippen LogP contribution in [-0.2, 0) is 11.3 Å². The summed E-state index contributed by atoms with van der Waals surface area (Å²) in [4.78, 5) is 24.6. The summed E-state index contributed by atoms with van der Waals surface area (Å²) in [5.74, 6) is -0.612. The molecule has 15 heavy (non-hydrogen) atoms. The van der Waals surface area contributed by atoms with Crippen LogP contribution in [0.25, 0.3) is 0 Å². The van der Waals surface area contributed by atoms with Crippen LogP contribution in [-0.4, -0.2) is 32.3 Å². The van der Waals surface area contributed by atoms with Gasteiger partial charge >= 0.3 is 5.95 Å². The molecule has 1 aromatic rings. The molecule has 0 atom stereocenters. The van der Waals surface area contributed by atoms with Crippen LogP contribution in [0.1, 0.15) is 0 Å². The first-order valence-corrected chi connectivity index (χ1v) is 5.25. The number of hydrogen-bond acceptors (Lipinski definition) is 4. The van der Waals surface area contributed by atoms with Crippen LogP contribution in [0.2, 0.25) is 0 Å². The van der Waals surface area contributed by atoms with Crippen molar-refractivity contribution < 1.29 is 9.72 Å². The second-order valence-electron chi connectivity index (χ2n) is 2.65. The summed E-state index contributed by atoms with van der Waals surface area (Å²) in [5.41, 5.74) is 0. The molecule has 0 fully saturated rings. The van der Waals surface area contributed by atoms with Crippen LogP contribution < -0.4 is 5.32 Å². The van der Waals surface area contributed by atoms with Crippen molar-refractivity contribution in [1.29, 1.82) is 0 Å². The normalized spacial score (nSPS) is 9.93. The predicted octanol–water partition coefficient (Wildman–Crippen LogP) is 0.302. The smallest absolute Gasteiger partial charge is 0.390 e. The van der Waals surface area contributed by atoms with Crippen molar-refractivity contribution in [3.05, 3.63) is 22.5 Å². The number of amides is 1. The van der Waals surface area contributed by atoms with Gasteiger partial charge in [-0.1, -0.05) is 20.9 Å². The summed E-state index contributed by atoms with van der Waals surface area (Å²) >= 11 is 3.15. The molecule has 1 amide bonds. The Hall–Kier alpha value is -1.44. The van der Waals surface area contributed by atoms with Gasteiger partial charge in [-0.2, -0.15) is 0 Å². The van der Waals surface area contributed by atoms with Crippen molar-refractivity contribution in [3.63, 3.8) is 0 Å². The number of nitro groups is 1. The van der Waals surface area contributed by atoms with E-state index in [4.69, 9.17) is 0 Å². The molecule has 1 rings (SSSR count). The van der Waals surface area contributed by atoms with E-state index in [1.54, 1.807) is 0 Å². The van der Waals surface area contributed by atoms with Gasteiger partial charge in [0.1, 0.15) is 12.4 Å². The van der Waals surface area contributed by atoms with E-state index in [1.807, 2.05) is 0 Å². The molecule has 0 spiro atoms. The van der Waals surface area contributed by atoms with Gasteiger partial charge in [0.05, 0.1) is 0 Å². The maximum Gasteiger partial charge on any atom is 0.435 e. The molecule has 82 valence electrons. The third-order valence-electron chi connectivity index (χ3n) is 1.59. The largest absolute Gasteiger partial charge is 0.435 e. The van der Waals surface area contributed by atoms with Gasteiger partial charge in [0.2, 0.25) is 0 Å². The highest BCUT2D eigenvalue weighted by Gasteiger charge is 2.16. The van der Waals surface area contributed by atoms with E-state index < -0.39 is 4.92 Å². The Balaban J connectivity index is 2.60. The summed E-state index contributed by atoms with van der Waals surface area (Å²) in [5, 5.41) is 13.7. The van der Waals surface area contributed by atoms with Crippen molar-refractivity contribution >= 4 is 27.8 Å². The van der Waals surface area contributed by atoms with Crippen molar-refractivity contribution in [1.82, 2.24) is 14.9 Å². The van der Waals surface area contributed by atoms with Crippen molar-refractivity contribution in [2.24, 2.45) is 0 Å². The second-order valence-corrected chi connectivity index (χ2v) is 3.44. The fourth-order valence-corrected chi connectivity index (χ4v) is 1.19. The highest BCUT2D eigenvalue weighted by atomic mass is 79.9. The van der Waals surface area contributed by atoms with Gasteiger partial charge in [0.25, 0.3) is 5.91 Å². The maximum absolute atomic E-state index is 11.2. The molecule has 0 aliphatic rings. The van der Waals surface area contributed by atoms with E-state index in [9.17, 15) is 14.9 Å². The molecule has 1 aromatic heterocycles. The van der Waals surface area contributed by atoms with Crippen LogP contribution in [0.4, 0.5) is 5.95 Å². The van der Waals surface area contributed by atoms with Crippen LogP contribution in [0.15, 0.2) is 12.4 Å². The molecule has 1 heterocycles. The minimum absolute atomic E-state index is 0.0939. The number of imidazole rings is 1. The molecule has 7 nitrogen and oxygen atoms in total. The number of hydrogen-bond donors (Lipinski definition) is 1. The summed E-state index contributed by atoms with van der Waals surface area (Å²) in [6.45, 7) is 0.393. The molecule has 0 saturated carbocycles. The number of carbonyl (C=O) groups is 1. The van der Waals surface area contributed by atoms with E-state index in [0.29, 0.717) is 11.9 Å². The Kier molecular flexibility index (Phi) is 4.22. The van der Waals surface area contributed by atoms with Crippen LogP contribution in [0.3, 0.4) is 0 Å². The number of rotatable bonds is 5. The number of halogens is 1. The van der Waals surface area contributed by atoms with Gasteiger partial charge in [-0.25, -0.2) is 4.57 Å². The number of alkyl halides is 1. The lowest BCUT2D eigenvalue weighted by Gasteiger charge is -2.02. The molecule has 0 radical (unpaired) electrons. The minimum atomic E-state index is -0.627. The third kappa shape index (κ3) is 3.31. The van der Waals surface area contributed by atoms with Gasteiger partial charge in [-0.15, -0.1) is 0 Å². The summed E-state index contributed by atoms with van der Waals surface area (Å²) in [7, 11) is 0. The molecule has 0 unspecified atom stereocenters. The van der Waals surface area contributed by atoms with E-state index in [0.717, 1.165) is 0 Å². The van der Waals surface area contributed by atoms with Crippen molar-refractivity contribution in [2.45, 2.75) is 6.54 Å². The van der Waals surface area contributed by atoms with Crippen molar-refractivity contribution in [2.75, 3.05) is 11.9 Å². The molecule has 0 aromatic carbocycles. The maximum atomic E-state index is 11.2. The van der Waals surface area contributed by atoms with Crippen LogP contribution in [0, 0.1) is 10.1 Å². The lowest BCUT2D eigenvalue weighted by atomic mass is 10.5. The standard InChI is InChI=1S/C7H9BrN4O3/c8-1-2-9-6(13)5-11-4-3-10-7(11)12(14)15/h3-4H,1-2,5H2,(H,9,13). The minimum Gasteiger partial charge on any atom is -0.390 e. The number of nitrogens with zero attached hydrogens (tertiary/aromatic N) is 3. The SMILES string of the molecule is O=C(Cn1ccnc1[N+](=O)[O-])NCCBr. The molecule has 1 N–H and O–H groups in total. The molecule has 8 heteroatoms. The Bertz CT molecular complexity index is 365. The lowest BCUT2D eigenvalue weighted by Crippen LogP contribution is -2.29. The highest BCUT2D eigenvalue weighted by Crippen LogP contribution is 2.06. The number of nitrogens with one attached hydrogen (secondary N) is 1. The van der Waals surface area contributed by atoms with E-state index in [2.05, 4.69) is 26.2 Å².